The number of hydrogen-bond donors (Lipinski definition) is 1. The summed E-state index contributed by atoms with van der Waals surface area (Å²) in [6, 6.07) is 0.356. The standard InChI is InChI=1S/C7H14N4/c1-5(2)7-8-10-11(9-7)6(3)4/h5-6H,1-4H3/p+1. The molecule has 0 radical (unpaired) electrons. The molecule has 0 aliphatic heterocycles. The lowest BCUT2D eigenvalue weighted by Gasteiger charge is -1.92. The maximum absolute atomic E-state index is 4.26. The minimum Gasteiger partial charge on any atom is -0.0596 e. The molecule has 0 aliphatic carbocycles. The first-order valence-corrected chi connectivity index (χ1v) is 3.95. The number of tetrazole rings is 1. The highest BCUT2D eigenvalue weighted by Gasteiger charge is 2.16. The molecule has 0 aromatic carbocycles. The summed E-state index contributed by atoms with van der Waals surface area (Å²) >= 11 is 0. The second-order valence-corrected chi connectivity index (χ2v) is 3.26. The van der Waals surface area contributed by atoms with Crippen LogP contribution in [0.15, 0.2) is 0 Å². The highest BCUT2D eigenvalue weighted by molar-refractivity contribution is 4.82. The van der Waals surface area contributed by atoms with Crippen LogP contribution in [0.2, 0.25) is 0 Å². The molecule has 1 aromatic heterocycles. The Hall–Kier alpha value is -0.930. The zero-order valence-corrected chi connectivity index (χ0v) is 7.50. The van der Waals surface area contributed by atoms with E-state index < -0.39 is 0 Å². The summed E-state index contributed by atoms with van der Waals surface area (Å²) in [5.41, 5.74) is 0. The summed E-state index contributed by atoms with van der Waals surface area (Å²) in [6.07, 6.45) is 0. The third-order valence-corrected chi connectivity index (χ3v) is 1.48. The van der Waals surface area contributed by atoms with Crippen LogP contribution < -0.4 is 4.80 Å². The van der Waals surface area contributed by atoms with Gasteiger partial charge in [-0.05, 0) is 24.2 Å². The summed E-state index contributed by atoms with van der Waals surface area (Å²) < 4.78 is 0. The molecule has 0 amide bonds. The van der Waals surface area contributed by atoms with Gasteiger partial charge in [0.05, 0.1) is 5.10 Å². The van der Waals surface area contributed by atoms with Crippen molar-refractivity contribution in [2.45, 2.75) is 39.7 Å². The minimum absolute atomic E-state index is 0.356. The lowest BCUT2D eigenvalue weighted by molar-refractivity contribution is -0.821. The van der Waals surface area contributed by atoms with Gasteiger partial charge in [-0.3, -0.25) is 0 Å². The van der Waals surface area contributed by atoms with Crippen LogP contribution >= 0.6 is 0 Å². The fourth-order valence-electron chi connectivity index (χ4n) is 0.733. The Bertz CT molecular complexity index is 204. The van der Waals surface area contributed by atoms with Crippen molar-refractivity contribution in [1.82, 2.24) is 15.4 Å². The number of nitrogens with one attached hydrogen (secondary N) is 1. The lowest BCUT2D eigenvalue weighted by atomic mass is 10.2. The van der Waals surface area contributed by atoms with E-state index >= 15 is 0 Å². The second kappa shape index (κ2) is 2.98. The van der Waals surface area contributed by atoms with E-state index in [1.165, 1.54) is 0 Å². The third kappa shape index (κ3) is 1.76. The van der Waals surface area contributed by atoms with Gasteiger partial charge in [0.25, 0.3) is 0 Å². The van der Waals surface area contributed by atoms with Gasteiger partial charge < -0.3 is 0 Å². The summed E-state index contributed by atoms with van der Waals surface area (Å²) in [5.74, 6) is 1.27. The molecule has 0 fully saturated rings. The molecular weight excluding hydrogens is 140 g/mol. The molecule has 0 spiro atoms. The van der Waals surface area contributed by atoms with Crippen LogP contribution in [0.25, 0.3) is 0 Å². The van der Waals surface area contributed by atoms with Gasteiger partial charge in [0.1, 0.15) is 6.04 Å². The molecule has 11 heavy (non-hydrogen) atoms. The maximum Gasteiger partial charge on any atom is 0.310 e. The Morgan fingerprint density at radius 2 is 1.91 bits per heavy atom. The van der Waals surface area contributed by atoms with Gasteiger partial charge in [-0.2, -0.15) is 0 Å². The Balaban J connectivity index is 2.82. The van der Waals surface area contributed by atoms with Crippen molar-refractivity contribution in [1.29, 1.82) is 0 Å². The first-order chi connectivity index (χ1) is 5.11. The van der Waals surface area contributed by atoms with Gasteiger partial charge >= 0.3 is 5.82 Å². The molecule has 4 nitrogen and oxygen atoms in total. The van der Waals surface area contributed by atoms with E-state index in [0.717, 1.165) is 5.82 Å². The smallest absolute Gasteiger partial charge is 0.0596 e. The molecule has 62 valence electrons. The largest absolute Gasteiger partial charge is 0.310 e. The second-order valence-electron chi connectivity index (χ2n) is 3.26. The van der Waals surface area contributed by atoms with E-state index in [1.807, 2.05) is 0 Å². The van der Waals surface area contributed by atoms with Gasteiger partial charge in [-0.25, -0.2) is 0 Å². The normalized spacial score (nSPS) is 11.5. The van der Waals surface area contributed by atoms with Crippen molar-refractivity contribution in [2.24, 2.45) is 0 Å². The zero-order valence-electron chi connectivity index (χ0n) is 7.50. The van der Waals surface area contributed by atoms with Crippen molar-refractivity contribution in [3.63, 3.8) is 0 Å². The van der Waals surface area contributed by atoms with E-state index in [4.69, 9.17) is 0 Å². The first-order valence-electron chi connectivity index (χ1n) is 3.95. The van der Waals surface area contributed by atoms with Gasteiger partial charge in [0, 0.05) is 5.92 Å². The number of nitrogens with zero attached hydrogens (tertiary/aromatic N) is 3. The summed E-state index contributed by atoms with van der Waals surface area (Å²) in [4.78, 5) is 1.76. The van der Waals surface area contributed by atoms with Crippen LogP contribution in [0.3, 0.4) is 0 Å². The fraction of sp³-hybridized carbons (Fsp3) is 0.857. The Kier molecular flexibility index (Phi) is 2.22. The van der Waals surface area contributed by atoms with Crippen LogP contribution in [0.5, 0.6) is 0 Å². The molecule has 0 saturated heterocycles. The van der Waals surface area contributed by atoms with Gasteiger partial charge in [-0.15, -0.1) is 0 Å². The Morgan fingerprint density at radius 1 is 1.27 bits per heavy atom. The van der Waals surface area contributed by atoms with E-state index in [0.29, 0.717) is 12.0 Å². The molecule has 4 heteroatoms. The minimum atomic E-state index is 0.356. The molecule has 0 bridgehead atoms. The highest BCUT2D eigenvalue weighted by Crippen LogP contribution is 2.04. The monoisotopic (exact) mass is 155 g/mol. The highest BCUT2D eigenvalue weighted by atomic mass is 15.6. The molecule has 1 rings (SSSR count). The van der Waals surface area contributed by atoms with Crippen LogP contribution in [-0.4, -0.2) is 15.4 Å². The molecule has 1 N–H and O–H groups in total. The molecule has 0 aliphatic rings. The van der Waals surface area contributed by atoms with Gasteiger partial charge in [-0.1, -0.05) is 18.6 Å². The van der Waals surface area contributed by atoms with Crippen molar-refractivity contribution in [2.75, 3.05) is 0 Å². The summed E-state index contributed by atoms with van der Waals surface area (Å²) in [5, 5.41) is 11.2. The van der Waals surface area contributed by atoms with E-state index in [-0.39, 0.29) is 0 Å². The predicted molar refractivity (Wildman–Crippen MR) is 41.1 cm³/mol. The number of aromatic nitrogens is 4. The predicted octanol–water partition coefficient (Wildman–Crippen LogP) is 0.796. The topological polar surface area (TPSA) is 45.5 Å². The van der Waals surface area contributed by atoms with Crippen LogP contribution in [0.1, 0.15) is 45.5 Å². The maximum atomic E-state index is 4.26. The summed E-state index contributed by atoms with van der Waals surface area (Å²) in [6.45, 7) is 8.28. The van der Waals surface area contributed by atoms with Crippen molar-refractivity contribution < 1.29 is 4.80 Å². The van der Waals surface area contributed by atoms with Crippen molar-refractivity contribution in [3.05, 3.63) is 5.82 Å². The number of aromatic amines is 1. The average molecular weight is 155 g/mol. The molecule has 0 saturated carbocycles. The molecule has 1 heterocycles. The SMILES string of the molecule is CC(C)c1n[nH][n+](C(C)C)n1. The molecule has 0 unspecified atom stereocenters. The fourth-order valence-corrected chi connectivity index (χ4v) is 0.733. The number of hydrogen-bond acceptors (Lipinski definition) is 2. The molecule has 0 atom stereocenters. The molecular formula is C7H15N4+. The van der Waals surface area contributed by atoms with Gasteiger partial charge in [0.2, 0.25) is 0 Å². The lowest BCUT2D eigenvalue weighted by Crippen LogP contribution is -2.41. The van der Waals surface area contributed by atoms with Crippen LogP contribution in [-0.2, 0) is 0 Å². The molecule has 1 aromatic rings. The average Bonchev–Trinajstić information content (AvgIpc) is 2.33. The van der Waals surface area contributed by atoms with Crippen molar-refractivity contribution in [3.8, 4) is 0 Å². The van der Waals surface area contributed by atoms with E-state index in [1.54, 1.807) is 4.80 Å². The van der Waals surface area contributed by atoms with E-state index in [2.05, 4.69) is 43.1 Å². The summed E-state index contributed by atoms with van der Waals surface area (Å²) in [7, 11) is 0. The van der Waals surface area contributed by atoms with Crippen LogP contribution in [0, 0.1) is 0 Å². The third-order valence-electron chi connectivity index (χ3n) is 1.48. The van der Waals surface area contributed by atoms with Crippen LogP contribution in [0.4, 0.5) is 0 Å². The Morgan fingerprint density at radius 3 is 2.18 bits per heavy atom. The number of H-pyrrole nitrogens is 1. The quantitative estimate of drug-likeness (QED) is 0.642. The Labute approximate surface area is 66.6 Å². The number of rotatable bonds is 2. The van der Waals surface area contributed by atoms with E-state index in [9.17, 15) is 0 Å². The van der Waals surface area contributed by atoms with Gasteiger partial charge in [0.15, 0.2) is 0 Å². The first kappa shape index (κ1) is 8.17. The van der Waals surface area contributed by atoms with Crippen molar-refractivity contribution >= 4 is 0 Å². The zero-order chi connectivity index (χ0) is 8.43.